The third-order valence-electron chi connectivity index (χ3n) is 4.83. The first kappa shape index (κ1) is 19.1. The van der Waals surface area contributed by atoms with Gasteiger partial charge in [-0.1, -0.05) is 97.1 Å². The van der Waals surface area contributed by atoms with Crippen molar-refractivity contribution in [2.24, 2.45) is 0 Å². The molecule has 0 radical (unpaired) electrons. The van der Waals surface area contributed by atoms with Crippen LogP contribution in [0.4, 0.5) is 0 Å². The van der Waals surface area contributed by atoms with Crippen molar-refractivity contribution in [2.45, 2.75) is 24.6 Å². The Labute approximate surface area is 162 Å². The Kier molecular flexibility index (Phi) is 6.97. The second kappa shape index (κ2) is 9.86. The first-order valence-electron chi connectivity index (χ1n) is 9.38. The van der Waals surface area contributed by atoms with E-state index < -0.39 is 0 Å². The minimum Gasteiger partial charge on any atom is -0.375 e. The van der Waals surface area contributed by atoms with Crippen LogP contribution >= 0.6 is 0 Å². The Balaban J connectivity index is 1.97. The van der Waals surface area contributed by atoms with Crippen molar-refractivity contribution < 1.29 is 4.74 Å². The summed E-state index contributed by atoms with van der Waals surface area (Å²) in [5.74, 6) is 0. The summed E-state index contributed by atoms with van der Waals surface area (Å²) < 4.78 is 5.98. The van der Waals surface area contributed by atoms with E-state index in [2.05, 4.69) is 84.7 Å². The highest BCUT2D eigenvalue weighted by atomic mass is 16.5. The smallest absolute Gasteiger partial charge is 0.102 e. The van der Waals surface area contributed by atoms with Crippen LogP contribution in [0.3, 0.4) is 0 Å². The maximum Gasteiger partial charge on any atom is 0.102 e. The average Bonchev–Trinajstić information content (AvgIpc) is 2.75. The summed E-state index contributed by atoms with van der Waals surface area (Å²) in [7, 11) is 1.78. The maximum atomic E-state index is 5.98. The van der Waals surface area contributed by atoms with Crippen LogP contribution in [0.25, 0.3) is 0 Å². The predicted molar refractivity (Wildman–Crippen MR) is 113 cm³/mol. The second-order valence-corrected chi connectivity index (χ2v) is 6.61. The van der Waals surface area contributed by atoms with Gasteiger partial charge >= 0.3 is 0 Å². The molecule has 0 saturated carbocycles. The lowest BCUT2D eigenvalue weighted by Gasteiger charge is -2.32. The van der Waals surface area contributed by atoms with E-state index in [1.165, 1.54) is 11.1 Å². The van der Waals surface area contributed by atoms with Gasteiger partial charge in [0.15, 0.2) is 0 Å². The van der Waals surface area contributed by atoms with E-state index in [9.17, 15) is 0 Å². The highest BCUT2D eigenvalue weighted by molar-refractivity contribution is 5.28. The Morgan fingerprint density at radius 2 is 1.26 bits per heavy atom. The molecule has 0 aromatic heterocycles. The first-order valence-corrected chi connectivity index (χ1v) is 9.38. The highest BCUT2D eigenvalue weighted by Gasteiger charge is 2.27. The van der Waals surface area contributed by atoms with Crippen molar-refractivity contribution >= 4 is 0 Å². The normalized spacial score (nSPS) is 14.3. The molecule has 0 heterocycles. The zero-order valence-electron chi connectivity index (χ0n) is 15.8. The van der Waals surface area contributed by atoms with Crippen molar-refractivity contribution in [1.82, 2.24) is 5.32 Å². The molecule has 0 spiro atoms. The fourth-order valence-electron chi connectivity index (χ4n) is 3.50. The number of rotatable bonds is 9. The highest BCUT2D eigenvalue weighted by Crippen LogP contribution is 2.34. The molecule has 2 heteroatoms. The third-order valence-corrected chi connectivity index (χ3v) is 4.83. The lowest BCUT2D eigenvalue weighted by molar-refractivity contribution is 0.0630. The van der Waals surface area contributed by atoms with Crippen LogP contribution < -0.4 is 5.32 Å². The Morgan fingerprint density at radius 3 is 1.74 bits per heavy atom. The molecule has 0 amide bonds. The largest absolute Gasteiger partial charge is 0.375 e. The molecule has 2 nitrogen and oxygen atoms in total. The van der Waals surface area contributed by atoms with Crippen molar-refractivity contribution in [3.8, 4) is 0 Å². The van der Waals surface area contributed by atoms with Gasteiger partial charge in [0, 0.05) is 13.2 Å². The van der Waals surface area contributed by atoms with E-state index in [4.69, 9.17) is 4.74 Å². The Bertz CT molecular complexity index is 802. The molecular formula is C25H27NO. The van der Waals surface area contributed by atoms with Gasteiger partial charge in [-0.05, 0) is 23.1 Å². The minimum atomic E-state index is -0.0929. The zero-order valence-corrected chi connectivity index (χ0v) is 15.8. The number of hydrogen-bond acceptors (Lipinski definition) is 2. The average molecular weight is 357 g/mol. The first-order chi connectivity index (χ1) is 13.3. The Morgan fingerprint density at radius 1 is 0.778 bits per heavy atom. The van der Waals surface area contributed by atoms with Crippen molar-refractivity contribution in [1.29, 1.82) is 0 Å². The monoisotopic (exact) mass is 357 g/mol. The van der Waals surface area contributed by atoms with Crippen molar-refractivity contribution in [2.75, 3.05) is 7.11 Å². The fraction of sp³-hybridized carbons (Fsp3) is 0.200. The molecule has 0 bridgehead atoms. The molecule has 3 aromatic carbocycles. The summed E-state index contributed by atoms with van der Waals surface area (Å²) in [5.41, 5.74) is 3.62. The molecule has 27 heavy (non-hydrogen) atoms. The molecule has 1 N–H and O–H groups in total. The molecule has 3 aromatic rings. The molecule has 0 aliphatic carbocycles. The van der Waals surface area contributed by atoms with Gasteiger partial charge in [0.2, 0.25) is 0 Å². The van der Waals surface area contributed by atoms with Gasteiger partial charge in [-0.25, -0.2) is 0 Å². The molecular weight excluding hydrogens is 330 g/mol. The SMILES string of the molecule is C=CC[C@@H](N[C@@H](c1ccccc1)[C@H](OC)c1ccccc1)c1ccccc1. The van der Waals surface area contributed by atoms with Crippen molar-refractivity contribution in [3.05, 3.63) is 120 Å². The Hall–Kier alpha value is -2.68. The fourth-order valence-corrected chi connectivity index (χ4v) is 3.50. The zero-order chi connectivity index (χ0) is 18.9. The standard InChI is InChI=1S/C25H27NO/c1-3-13-23(20-14-7-4-8-15-20)26-24(21-16-9-5-10-17-21)25(27-2)22-18-11-6-12-19-22/h3-12,14-19,23-26H,1,13H2,2H3/t23-,24+,25-/m1/s1. The molecule has 0 aliphatic heterocycles. The molecule has 3 atom stereocenters. The van der Waals surface area contributed by atoms with E-state index in [0.29, 0.717) is 0 Å². The van der Waals surface area contributed by atoms with Crippen LogP contribution in [-0.4, -0.2) is 7.11 Å². The maximum absolute atomic E-state index is 5.98. The molecule has 138 valence electrons. The third kappa shape index (κ3) is 4.94. The van der Waals surface area contributed by atoms with Crippen molar-refractivity contribution in [3.63, 3.8) is 0 Å². The lowest BCUT2D eigenvalue weighted by atomic mass is 9.93. The van der Waals surface area contributed by atoms with Crippen LogP contribution in [0.2, 0.25) is 0 Å². The molecule has 3 rings (SSSR count). The van der Waals surface area contributed by atoms with E-state index in [1.807, 2.05) is 24.3 Å². The molecule has 0 unspecified atom stereocenters. The minimum absolute atomic E-state index is 0.0174. The van der Waals surface area contributed by atoms with E-state index in [-0.39, 0.29) is 18.2 Å². The van der Waals surface area contributed by atoms with Crippen LogP contribution in [0.1, 0.15) is 41.3 Å². The van der Waals surface area contributed by atoms with Gasteiger partial charge in [-0.15, -0.1) is 6.58 Å². The predicted octanol–water partition coefficient (Wildman–Crippen LogP) is 6.02. The van der Waals surface area contributed by atoms with Crippen LogP contribution in [0.5, 0.6) is 0 Å². The number of hydrogen-bond donors (Lipinski definition) is 1. The van der Waals surface area contributed by atoms with Gasteiger partial charge < -0.3 is 10.1 Å². The second-order valence-electron chi connectivity index (χ2n) is 6.61. The number of ether oxygens (including phenoxy) is 1. The van der Waals surface area contributed by atoms with E-state index in [0.717, 1.165) is 12.0 Å². The van der Waals surface area contributed by atoms with Gasteiger partial charge in [-0.2, -0.15) is 0 Å². The van der Waals surface area contributed by atoms with Gasteiger partial charge in [0.05, 0.1) is 6.04 Å². The van der Waals surface area contributed by atoms with Gasteiger partial charge in [0.1, 0.15) is 6.10 Å². The summed E-state index contributed by atoms with van der Waals surface area (Å²) in [4.78, 5) is 0. The topological polar surface area (TPSA) is 21.3 Å². The molecule has 0 saturated heterocycles. The molecule has 0 fully saturated rings. The summed E-state index contributed by atoms with van der Waals surface area (Å²) in [6, 6.07) is 31.6. The molecule has 0 aliphatic rings. The summed E-state index contributed by atoms with van der Waals surface area (Å²) in [6.45, 7) is 3.96. The number of methoxy groups -OCH3 is 1. The van der Waals surface area contributed by atoms with Gasteiger partial charge in [0.25, 0.3) is 0 Å². The van der Waals surface area contributed by atoms with Crippen LogP contribution in [0, 0.1) is 0 Å². The summed E-state index contributed by atoms with van der Waals surface area (Å²) in [6.07, 6.45) is 2.72. The van der Waals surface area contributed by atoms with E-state index in [1.54, 1.807) is 7.11 Å². The van der Waals surface area contributed by atoms with E-state index >= 15 is 0 Å². The van der Waals surface area contributed by atoms with Crippen LogP contribution in [0.15, 0.2) is 104 Å². The summed E-state index contributed by atoms with van der Waals surface area (Å²) >= 11 is 0. The van der Waals surface area contributed by atoms with Gasteiger partial charge in [-0.3, -0.25) is 0 Å². The number of benzene rings is 3. The summed E-state index contributed by atoms with van der Waals surface area (Å²) in [5, 5.41) is 3.84. The lowest BCUT2D eigenvalue weighted by Crippen LogP contribution is -2.31. The number of nitrogens with one attached hydrogen (secondary N) is 1. The van der Waals surface area contributed by atoms with Crippen LogP contribution in [-0.2, 0) is 4.74 Å². The quantitative estimate of drug-likeness (QED) is 0.473.